The van der Waals surface area contributed by atoms with E-state index < -0.39 is 0 Å². The highest BCUT2D eigenvalue weighted by atomic mass is 16.3. The van der Waals surface area contributed by atoms with Crippen molar-refractivity contribution in [1.29, 1.82) is 5.26 Å². The molecule has 4 heteroatoms. The van der Waals surface area contributed by atoms with Crippen molar-refractivity contribution in [3.63, 3.8) is 0 Å². The van der Waals surface area contributed by atoms with Crippen molar-refractivity contribution in [2.45, 2.75) is 18.9 Å². The second kappa shape index (κ2) is 4.87. The summed E-state index contributed by atoms with van der Waals surface area (Å²) in [7, 11) is 0. The topological polar surface area (TPSA) is 60.2 Å². The van der Waals surface area contributed by atoms with Crippen molar-refractivity contribution >= 4 is 16.6 Å². The number of anilines is 1. The minimum Gasteiger partial charge on any atom is -0.394 e. The molecule has 2 aromatic rings. The fourth-order valence-corrected chi connectivity index (χ4v) is 2.84. The van der Waals surface area contributed by atoms with Gasteiger partial charge in [-0.15, -0.1) is 0 Å². The van der Waals surface area contributed by atoms with Gasteiger partial charge in [0.25, 0.3) is 0 Å². The van der Waals surface area contributed by atoms with Crippen LogP contribution < -0.4 is 4.90 Å². The lowest BCUT2D eigenvalue weighted by atomic mass is 10.1. The van der Waals surface area contributed by atoms with E-state index in [1.165, 1.54) is 0 Å². The van der Waals surface area contributed by atoms with E-state index in [0.717, 1.165) is 36.0 Å². The molecule has 1 atom stereocenters. The third-order valence-electron chi connectivity index (χ3n) is 3.74. The SMILES string of the molecule is N#Cc1cnc2ccccc2c1N1CCCC1CO. The Hall–Kier alpha value is -2.12. The fraction of sp³-hybridized carbons (Fsp3) is 0.333. The Morgan fingerprint density at radius 3 is 3.05 bits per heavy atom. The van der Waals surface area contributed by atoms with E-state index in [1.807, 2.05) is 24.3 Å². The molecule has 1 unspecified atom stereocenters. The van der Waals surface area contributed by atoms with Crippen molar-refractivity contribution in [3.05, 3.63) is 36.0 Å². The maximum Gasteiger partial charge on any atom is 0.103 e. The maximum absolute atomic E-state index is 9.49. The molecule has 1 aromatic carbocycles. The Morgan fingerprint density at radius 1 is 1.42 bits per heavy atom. The predicted molar refractivity (Wildman–Crippen MR) is 73.9 cm³/mol. The second-order valence-electron chi connectivity index (χ2n) is 4.82. The van der Waals surface area contributed by atoms with Crippen molar-refractivity contribution in [2.75, 3.05) is 18.1 Å². The highest BCUT2D eigenvalue weighted by Gasteiger charge is 2.27. The molecule has 0 radical (unpaired) electrons. The van der Waals surface area contributed by atoms with E-state index in [0.29, 0.717) is 5.56 Å². The molecule has 96 valence electrons. The van der Waals surface area contributed by atoms with Gasteiger partial charge >= 0.3 is 0 Å². The second-order valence-corrected chi connectivity index (χ2v) is 4.82. The molecule has 0 spiro atoms. The number of pyridine rings is 1. The molecule has 1 saturated heterocycles. The van der Waals surface area contributed by atoms with E-state index in [-0.39, 0.29) is 12.6 Å². The summed E-state index contributed by atoms with van der Waals surface area (Å²) in [6, 6.07) is 10.2. The number of aliphatic hydroxyl groups is 1. The van der Waals surface area contributed by atoms with Gasteiger partial charge in [-0.05, 0) is 18.9 Å². The average molecular weight is 253 g/mol. The lowest BCUT2D eigenvalue weighted by Gasteiger charge is -2.27. The van der Waals surface area contributed by atoms with Crippen LogP contribution >= 0.6 is 0 Å². The van der Waals surface area contributed by atoms with Crippen LogP contribution in [-0.4, -0.2) is 29.3 Å². The zero-order valence-corrected chi connectivity index (χ0v) is 10.6. The molecule has 0 aliphatic carbocycles. The molecule has 0 saturated carbocycles. The largest absolute Gasteiger partial charge is 0.394 e. The first-order valence-corrected chi connectivity index (χ1v) is 6.50. The molecule has 1 aliphatic heterocycles. The van der Waals surface area contributed by atoms with Gasteiger partial charge in [0, 0.05) is 18.1 Å². The summed E-state index contributed by atoms with van der Waals surface area (Å²) in [5, 5.41) is 19.8. The predicted octanol–water partition coefficient (Wildman–Crippen LogP) is 2.07. The van der Waals surface area contributed by atoms with Crippen LogP contribution in [0.2, 0.25) is 0 Å². The summed E-state index contributed by atoms with van der Waals surface area (Å²) < 4.78 is 0. The number of rotatable bonds is 2. The van der Waals surface area contributed by atoms with Gasteiger partial charge in [0.1, 0.15) is 6.07 Å². The van der Waals surface area contributed by atoms with Gasteiger partial charge in [0.2, 0.25) is 0 Å². The van der Waals surface area contributed by atoms with Crippen LogP contribution in [0, 0.1) is 11.3 Å². The number of aliphatic hydroxyl groups excluding tert-OH is 1. The number of benzene rings is 1. The van der Waals surface area contributed by atoms with Crippen LogP contribution in [-0.2, 0) is 0 Å². The van der Waals surface area contributed by atoms with Crippen molar-refractivity contribution in [2.24, 2.45) is 0 Å². The number of nitriles is 1. The molecule has 2 heterocycles. The van der Waals surface area contributed by atoms with Crippen LogP contribution in [0.1, 0.15) is 18.4 Å². The van der Waals surface area contributed by atoms with Crippen molar-refractivity contribution in [1.82, 2.24) is 4.98 Å². The van der Waals surface area contributed by atoms with E-state index >= 15 is 0 Å². The van der Waals surface area contributed by atoms with Gasteiger partial charge in [-0.2, -0.15) is 5.26 Å². The van der Waals surface area contributed by atoms with Gasteiger partial charge < -0.3 is 10.0 Å². The number of hydrogen-bond acceptors (Lipinski definition) is 4. The Balaban J connectivity index is 2.23. The molecule has 1 fully saturated rings. The third kappa shape index (κ3) is 1.92. The molecular formula is C15H15N3O. The first-order chi connectivity index (χ1) is 9.35. The zero-order chi connectivity index (χ0) is 13.2. The molecular weight excluding hydrogens is 238 g/mol. The fourth-order valence-electron chi connectivity index (χ4n) is 2.84. The highest BCUT2D eigenvalue weighted by molar-refractivity contribution is 5.94. The van der Waals surface area contributed by atoms with Gasteiger partial charge in [0.05, 0.1) is 29.4 Å². The van der Waals surface area contributed by atoms with Gasteiger partial charge in [-0.25, -0.2) is 0 Å². The summed E-state index contributed by atoms with van der Waals surface area (Å²) >= 11 is 0. The summed E-state index contributed by atoms with van der Waals surface area (Å²) in [4.78, 5) is 6.48. The molecule has 1 aromatic heterocycles. The number of aromatic nitrogens is 1. The number of nitrogens with zero attached hydrogens (tertiary/aromatic N) is 3. The minimum atomic E-state index is 0.109. The van der Waals surface area contributed by atoms with Crippen LogP contribution in [0.15, 0.2) is 30.5 Å². The molecule has 1 N–H and O–H groups in total. The standard InChI is InChI=1S/C15H15N3O/c16-8-11-9-17-14-6-2-1-5-13(14)15(11)18-7-3-4-12(18)10-19/h1-2,5-6,9,12,19H,3-4,7,10H2. The van der Waals surface area contributed by atoms with E-state index in [2.05, 4.69) is 16.0 Å². The van der Waals surface area contributed by atoms with E-state index in [9.17, 15) is 10.4 Å². The first kappa shape index (κ1) is 11.9. The van der Waals surface area contributed by atoms with Gasteiger partial charge in [-0.1, -0.05) is 18.2 Å². The average Bonchev–Trinajstić information content (AvgIpc) is 2.94. The third-order valence-corrected chi connectivity index (χ3v) is 3.74. The van der Waals surface area contributed by atoms with Crippen molar-refractivity contribution in [3.8, 4) is 6.07 Å². The molecule has 0 bridgehead atoms. The summed E-state index contributed by atoms with van der Waals surface area (Å²) in [6.45, 7) is 1.01. The number of fused-ring (bicyclic) bond motifs is 1. The minimum absolute atomic E-state index is 0.109. The number of hydrogen-bond donors (Lipinski definition) is 1. The number of para-hydroxylation sites is 1. The molecule has 1 aliphatic rings. The monoisotopic (exact) mass is 253 g/mol. The van der Waals surface area contributed by atoms with Gasteiger partial charge in [-0.3, -0.25) is 4.98 Å². The molecule has 0 amide bonds. The first-order valence-electron chi connectivity index (χ1n) is 6.50. The highest BCUT2D eigenvalue weighted by Crippen LogP contribution is 2.34. The Bertz CT molecular complexity index is 647. The zero-order valence-electron chi connectivity index (χ0n) is 10.6. The van der Waals surface area contributed by atoms with Crippen LogP contribution in [0.25, 0.3) is 10.9 Å². The molecule has 3 rings (SSSR count). The van der Waals surface area contributed by atoms with Crippen LogP contribution in [0.5, 0.6) is 0 Å². The van der Waals surface area contributed by atoms with Gasteiger partial charge in [0.15, 0.2) is 0 Å². The normalized spacial score (nSPS) is 18.7. The molecule has 19 heavy (non-hydrogen) atoms. The summed E-state index contributed by atoms with van der Waals surface area (Å²) in [6.07, 6.45) is 3.65. The maximum atomic E-state index is 9.49. The lowest BCUT2D eigenvalue weighted by molar-refractivity contribution is 0.266. The summed E-state index contributed by atoms with van der Waals surface area (Å²) in [5.41, 5.74) is 2.39. The Morgan fingerprint density at radius 2 is 2.26 bits per heavy atom. The van der Waals surface area contributed by atoms with Crippen LogP contribution in [0.4, 0.5) is 5.69 Å². The Kier molecular flexibility index (Phi) is 3.06. The van der Waals surface area contributed by atoms with Crippen LogP contribution in [0.3, 0.4) is 0 Å². The van der Waals surface area contributed by atoms with Crippen molar-refractivity contribution < 1.29 is 5.11 Å². The van der Waals surface area contributed by atoms with E-state index in [1.54, 1.807) is 6.20 Å². The smallest absolute Gasteiger partial charge is 0.103 e. The summed E-state index contributed by atoms with van der Waals surface area (Å²) in [5.74, 6) is 0. The Labute approximate surface area is 111 Å². The molecule has 4 nitrogen and oxygen atoms in total. The van der Waals surface area contributed by atoms with E-state index in [4.69, 9.17) is 0 Å². The quantitative estimate of drug-likeness (QED) is 0.890. The lowest BCUT2D eigenvalue weighted by Crippen LogP contribution is -2.32.